The number of hydrogen-bond donors (Lipinski definition) is 1. The molecule has 26 heavy (non-hydrogen) atoms. The molecular formula is C20H22ClFN2O2. The number of aryl methyl sites for hydroxylation is 1. The molecule has 4 rings (SSSR count). The monoisotopic (exact) mass is 376 g/mol. The van der Waals surface area contributed by atoms with E-state index >= 15 is 0 Å². The molecule has 2 aliphatic heterocycles. The minimum Gasteiger partial charge on any atom is -0.454 e. The van der Waals surface area contributed by atoms with Gasteiger partial charge in [-0.25, -0.2) is 9.18 Å². The third-order valence-electron chi connectivity index (χ3n) is 5.05. The second-order valence-electron chi connectivity index (χ2n) is 6.68. The average Bonchev–Trinajstić information content (AvgIpc) is 2.93. The van der Waals surface area contributed by atoms with Crippen LogP contribution in [0.5, 0.6) is 0 Å². The van der Waals surface area contributed by atoms with Crippen LogP contribution in [0, 0.1) is 12.7 Å². The van der Waals surface area contributed by atoms with Gasteiger partial charge in [0.2, 0.25) is 0 Å². The van der Waals surface area contributed by atoms with Crippen LogP contribution in [0.15, 0.2) is 36.4 Å². The van der Waals surface area contributed by atoms with Crippen LogP contribution >= 0.6 is 12.4 Å². The zero-order chi connectivity index (χ0) is 17.4. The van der Waals surface area contributed by atoms with Crippen molar-refractivity contribution in [2.45, 2.75) is 19.4 Å². The number of halogens is 2. The Morgan fingerprint density at radius 1 is 1.19 bits per heavy atom. The Morgan fingerprint density at radius 3 is 2.69 bits per heavy atom. The van der Waals surface area contributed by atoms with E-state index in [9.17, 15) is 9.18 Å². The Morgan fingerprint density at radius 2 is 1.96 bits per heavy atom. The highest BCUT2D eigenvalue weighted by atomic mass is 35.5. The fourth-order valence-corrected chi connectivity index (χ4v) is 3.62. The molecule has 0 saturated carbocycles. The summed E-state index contributed by atoms with van der Waals surface area (Å²) in [6.45, 7) is 5.66. The number of carbonyl (C=O) groups excluding carboxylic acids is 1. The van der Waals surface area contributed by atoms with Crippen molar-refractivity contribution in [2.75, 3.05) is 31.1 Å². The first-order chi connectivity index (χ1) is 12.1. The van der Waals surface area contributed by atoms with Gasteiger partial charge in [-0.2, -0.15) is 0 Å². The fraction of sp³-hybridized carbons (Fsp3) is 0.350. The van der Waals surface area contributed by atoms with E-state index in [0.29, 0.717) is 12.0 Å². The smallest absolute Gasteiger partial charge is 0.339 e. The summed E-state index contributed by atoms with van der Waals surface area (Å²) >= 11 is 0. The SMILES string of the molecule is Cc1cc(F)ccc1CC1OC(=O)c2cc(N3CCNCC3)ccc21.Cl. The van der Waals surface area contributed by atoms with Crippen LogP contribution in [0.4, 0.5) is 10.1 Å². The number of nitrogens with zero attached hydrogens (tertiary/aromatic N) is 1. The summed E-state index contributed by atoms with van der Waals surface area (Å²) in [6, 6.07) is 10.7. The highest BCUT2D eigenvalue weighted by Crippen LogP contribution is 2.36. The molecule has 1 saturated heterocycles. The van der Waals surface area contributed by atoms with Crippen LogP contribution in [-0.2, 0) is 11.2 Å². The summed E-state index contributed by atoms with van der Waals surface area (Å²) in [4.78, 5) is 14.6. The van der Waals surface area contributed by atoms with Gasteiger partial charge in [-0.3, -0.25) is 0 Å². The summed E-state index contributed by atoms with van der Waals surface area (Å²) in [5, 5.41) is 3.33. The van der Waals surface area contributed by atoms with E-state index in [4.69, 9.17) is 4.74 Å². The topological polar surface area (TPSA) is 41.6 Å². The van der Waals surface area contributed by atoms with E-state index in [1.807, 2.05) is 19.1 Å². The van der Waals surface area contributed by atoms with Gasteiger partial charge in [0.05, 0.1) is 5.56 Å². The third-order valence-corrected chi connectivity index (χ3v) is 5.05. The predicted octanol–water partition coefficient (Wildman–Crippen LogP) is 3.42. The summed E-state index contributed by atoms with van der Waals surface area (Å²) in [5.41, 5.74) is 4.52. The average molecular weight is 377 g/mol. The van der Waals surface area contributed by atoms with Gasteiger partial charge >= 0.3 is 5.97 Å². The quantitative estimate of drug-likeness (QED) is 0.833. The second kappa shape index (κ2) is 7.64. The summed E-state index contributed by atoms with van der Waals surface area (Å²) in [6.07, 6.45) is 0.265. The molecule has 0 aliphatic carbocycles. The fourth-order valence-electron chi connectivity index (χ4n) is 3.62. The number of esters is 1. The molecule has 2 heterocycles. The molecule has 0 spiro atoms. The maximum Gasteiger partial charge on any atom is 0.339 e. The number of carbonyl (C=O) groups is 1. The molecule has 0 amide bonds. The minimum atomic E-state index is -0.302. The first-order valence-corrected chi connectivity index (χ1v) is 8.67. The molecule has 6 heteroatoms. The van der Waals surface area contributed by atoms with Gasteiger partial charge in [0.1, 0.15) is 11.9 Å². The van der Waals surface area contributed by atoms with Crippen molar-refractivity contribution in [1.29, 1.82) is 0 Å². The van der Waals surface area contributed by atoms with Crippen LogP contribution in [0.2, 0.25) is 0 Å². The minimum absolute atomic E-state index is 0. The first kappa shape index (κ1) is 18.7. The highest BCUT2D eigenvalue weighted by molar-refractivity contribution is 5.95. The Kier molecular flexibility index (Phi) is 5.49. The largest absolute Gasteiger partial charge is 0.454 e. The first-order valence-electron chi connectivity index (χ1n) is 8.67. The molecule has 2 aromatic rings. The molecule has 138 valence electrons. The lowest BCUT2D eigenvalue weighted by Gasteiger charge is -2.29. The van der Waals surface area contributed by atoms with Crippen molar-refractivity contribution in [3.05, 3.63) is 64.5 Å². The van der Waals surface area contributed by atoms with Gasteiger partial charge in [0.15, 0.2) is 0 Å². The van der Waals surface area contributed by atoms with Crippen molar-refractivity contribution in [1.82, 2.24) is 5.32 Å². The molecule has 0 bridgehead atoms. The number of benzene rings is 2. The number of nitrogens with one attached hydrogen (secondary N) is 1. The lowest BCUT2D eigenvalue weighted by molar-refractivity contribution is 0.0386. The lowest BCUT2D eigenvalue weighted by atomic mass is 9.96. The normalized spacial score (nSPS) is 18.9. The third kappa shape index (κ3) is 3.55. The van der Waals surface area contributed by atoms with E-state index < -0.39 is 0 Å². The number of piperazine rings is 1. The molecule has 0 aromatic heterocycles. The maximum atomic E-state index is 13.3. The lowest BCUT2D eigenvalue weighted by Crippen LogP contribution is -2.43. The van der Waals surface area contributed by atoms with E-state index in [1.54, 1.807) is 6.07 Å². The zero-order valence-electron chi connectivity index (χ0n) is 14.6. The Bertz CT molecular complexity index is 821. The summed E-state index contributed by atoms with van der Waals surface area (Å²) in [5.74, 6) is -0.512. The molecule has 2 aliphatic rings. The van der Waals surface area contributed by atoms with Crippen molar-refractivity contribution < 1.29 is 13.9 Å². The highest BCUT2D eigenvalue weighted by Gasteiger charge is 2.32. The van der Waals surface area contributed by atoms with Crippen molar-refractivity contribution in [3.8, 4) is 0 Å². The van der Waals surface area contributed by atoms with Crippen LogP contribution in [0.1, 0.15) is 33.2 Å². The molecule has 1 fully saturated rings. The van der Waals surface area contributed by atoms with Crippen LogP contribution in [0.3, 0.4) is 0 Å². The van der Waals surface area contributed by atoms with Gasteiger partial charge in [0.25, 0.3) is 0 Å². The number of ether oxygens (including phenoxy) is 1. The molecule has 1 unspecified atom stereocenters. The summed E-state index contributed by atoms with van der Waals surface area (Å²) in [7, 11) is 0. The Labute approximate surface area is 158 Å². The molecule has 0 radical (unpaired) electrons. The van der Waals surface area contributed by atoms with Gasteiger partial charge in [0, 0.05) is 43.9 Å². The number of cyclic esters (lactones) is 1. The van der Waals surface area contributed by atoms with Crippen molar-refractivity contribution >= 4 is 24.1 Å². The predicted molar refractivity (Wildman–Crippen MR) is 102 cm³/mol. The zero-order valence-corrected chi connectivity index (χ0v) is 15.4. The Balaban J connectivity index is 0.00000196. The molecular weight excluding hydrogens is 355 g/mol. The number of anilines is 1. The summed E-state index contributed by atoms with van der Waals surface area (Å²) < 4.78 is 18.9. The maximum absolute atomic E-state index is 13.3. The van der Waals surface area contributed by atoms with Crippen molar-refractivity contribution in [2.24, 2.45) is 0 Å². The number of fused-ring (bicyclic) bond motifs is 1. The van der Waals surface area contributed by atoms with E-state index in [-0.39, 0.29) is 30.3 Å². The molecule has 1 N–H and O–H groups in total. The van der Waals surface area contributed by atoms with Crippen molar-refractivity contribution in [3.63, 3.8) is 0 Å². The number of rotatable bonds is 3. The van der Waals surface area contributed by atoms with Gasteiger partial charge in [-0.05, 0) is 42.3 Å². The van der Waals surface area contributed by atoms with Crippen LogP contribution < -0.4 is 10.2 Å². The number of hydrogen-bond acceptors (Lipinski definition) is 4. The standard InChI is InChI=1S/C20H21FN2O2.ClH/c1-13-10-15(21)3-2-14(13)11-19-17-5-4-16(12-18(17)20(24)25-19)23-8-6-22-7-9-23;/h2-5,10,12,19,22H,6-9,11H2,1H3;1H. The second-order valence-corrected chi connectivity index (χ2v) is 6.68. The molecule has 4 nitrogen and oxygen atoms in total. The Hall–Kier alpha value is -2.11. The van der Waals surface area contributed by atoms with Crippen LogP contribution in [0.25, 0.3) is 0 Å². The van der Waals surface area contributed by atoms with E-state index in [2.05, 4.69) is 16.3 Å². The van der Waals surface area contributed by atoms with Gasteiger partial charge < -0.3 is 15.0 Å². The van der Waals surface area contributed by atoms with Crippen LogP contribution in [-0.4, -0.2) is 32.1 Å². The van der Waals surface area contributed by atoms with E-state index in [1.165, 1.54) is 12.1 Å². The van der Waals surface area contributed by atoms with E-state index in [0.717, 1.165) is 48.6 Å². The van der Waals surface area contributed by atoms with Gasteiger partial charge in [-0.1, -0.05) is 12.1 Å². The molecule has 1 atom stereocenters. The van der Waals surface area contributed by atoms with Gasteiger partial charge in [-0.15, -0.1) is 12.4 Å². The molecule has 2 aromatic carbocycles.